The van der Waals surface area contributed by atoms with Gasteiger partial charge in [0.1, 0.15) is 5.78 Å². The van der Waals surface area contributed by atoms with Crippen LogP contribution < -0.4 is 0 Å². The zero-order chi connectivity index (χ0) is 9.72. The lowest BCUT2D eigenvalue weighted by Gasteiger charge is -2.18. The van der Waals surface area contributed by atoms with E-state index in [1.807, 2.05) is 25.8 Å². The van der Waals surface area contributed by atoms with Gasteiger partial charge in [-0.3, -0.25) is 9.69 Å². The topological polar surface area (TPSA) is 40.5 Å². The van der Waals surface area contributed by atoms with Crippen LogP contribution in [-0.2, 0) is 4.79 Å². The highest BCUT2D eigenvalue weighted by Crippen LogP contribution is 1.96. The van der Waals surface area contributed by atoms with Crippen molar-refractivity contribution in [3.05, 3.63) is 0 Å². The molecule has 1 unspecified atom stereocenters. The molecule has 72 valence electrons. The lowest BCUT2D eigenvalue weighted by atomic mass is 10.1. The van der Waals surface area contributed by atoms with E-state index in [9.17, 15) is 4.79 Å². The van der Waals surface area contributed by atoms with Crippen molar-refractivity contribution < 1.29 is 9.90 Å². The summed E-state index contributed by atoms with van der Waals surface area (Å²) in [6.07, 6.45) is -0.366. The molecule has 0 amide bonds. The van der Waals surface area contributed by atoms with Crippen LogP contribution in [-0.4, -0.2) is 42.0 Å². The number of aliphatic hydroxyl groups excluding tert-OH is 1. The van der Waals surface area contributed by atoms with Gasteiger partial charge in [-0.15, -0.1) is 0 Å². The van der Waals surface area contributed by atoms with Crippen molar-refractivity contribution in [1.29, 1.82) is 0 Å². The van der Waals surface area contributed by atoms with Gasteiger partial charge in [-0.05, 0) is 14.0 Å². The zero-order valence-electron chi connectivity index (χ0n) is 8.37. The first kappa shape index (κ1) is 11.6. The number of carbonyl (C=O) groups excluding carboxylic acids is 1. The van der Waals surface area contributed by atoms with Crippen molar-refractivity contribution in [3.8, 4) is 0 Å². The molecule has 12 heavy (non-hydrogen) atoms. The van der Waals surface area contributed by atoms with Crippen molar-refractivity contribution in [2.45, 2.75) is 26.9 Å². The quantitative estimate of drug-likeness (QED) is 0.659. The fraction of sp³-hybridized carbons (Fsp3) is 0.889. The smallest absolute Gasteiger partial charge is 0.149 e. The van der Waals surface area contributed by atoms with Crippen LogP contribution in [0.1, 0.15) is 20.8 Å². The highest BCUT2D eigenvalue weighted by molar-refractivity contribution is 5.82. The molecule has 0 aromatic carbocycles. The number of likely N-dealkylation sites (N-methyl/N-ethyl adjacent to an activating group) is 1. The van der Waals surface area contributed by atoms with Crippen LogP contribution in [0.3, 0.4) is 0 Å². The van der Waals surface area contributed by atoms with Crippen LogP contribution >= 0.6 is 0 Å². The molecule has 0 saturated carbocycles. The van der Waals surface area contributed by atoms with Crippen LogP contribution in [0.2, 0.25) is 0 Å². The number of hydrogen-bond donors (Lipinski definition) is 1. The van der Waals surface area contributed by atoms with Crippen molar-refractivity contribution >= 4 is 5.78 Å². The highest BCUT2D eigenvalue weighted by atomic mass is 16.3. The van der Waals surface area contributed by atoms with Gasteiger partial charge in [-0.25, -0.2) is 0 Å². The number of hydrogen-bond acceptors (Lipinski definition) is 3. The van der Waals surface area contributed by atoms with Gasteiger partial charge in [0.2, 0.25) is 0 Å². The fourth-order valence-electron chi connectivity index (χ4n) is 0.964. The maximum absolute atomic E-state index is 11.2. The Bertz CT molecular complexity index is 143. The third kappa shape index (κ3) is 5.27. The van der Waals surface area contributed by atoms with E-state index in [0.29, 0.717) is 13.1 Å². The Kier molecular flexibility index (Phi) is 5.09. The summed E-state index contributed by atoms with van der Waals surface area (Å²) in [5.74, 6) is 0.305. The van der Waals surface area contributed by atoms with E-state index in [2.05, 4.69) is 0 Å². The number of rotatable bonds is 5. The van der Waals surface area contributed by atoms with E-state index in [1.165, 1.54) is 0 Å². The van der Waals surface area contributed by atoms with Crippen molar-refractivity contribution in [2.24, 2.45) is 5.92 Å². The minimum atomic E-state index is -0.366. The van der Waals surface area contributed by atoms with E-state index in [1.54, 1.807) is 6.92 Å². The Morgan fingerprint density at radius 3 is 2.25 bits per heavy atom. The summed E-state index contributed by atoms with van der Waals surface area (Å²) in [5, 5.41) is 9.02. The first-order valence-electron chi connectivity index (χ1n) is 4.32. The number of nitrogens with zero attached hydrogens (tertiary/aromatic N) is 1. The molecule has 0 saturated heterocycles. The average Bonchev–Trinajstić information content (AvgIpc) is 1.84. The summed E-state index contributed by atoms with van der Waals surface area (Å²) in [7, 11) is 1.84. The van der Waals surface area contributed by atoms with Crippen LogP contribution in [0.5, 0.6) is 0 Å². The highest BCUT2D eigenvalue weighted by Gasteiger charge is 2.11. The van der Waals surface area contributed by atoms with Gasteiger partial charge in [0.05, 0.1) is 12.6 Å². The van der Waals surface area contributed by atoms with E-state index < -0.39 is 0 Å². The van der Waals surface area contributed by atoms with Gasteiger partial charge in [-0.1, -0.05) is 13.8 Å². The van der Waals surface area contributed by atoms with Crippen molar-refractivity contribution in [2.75, 3.05) is 20.1 Å². The van der Waals surface area contributed by atoms with Gasteiger partial charge in [0.15, 0.2) is 0 Å². The molecular weight excluding hydrogens is 154 g/mol. The Labute approximate surface area is 74.4 Å². The van der Waals surface area contributed by atoms with E-state index in [4.69, 9.17) is 5.11 Å². The minimum Gasteiger partial charge on any atom is -0.392 e. The molecule has 0 fully saturated rings. The molecular formula is C9H19NO2. The minimum absolute atomic E-state index is 0.0847. The maximum Gasteiger partial charge on any atom is 0.149 e. The average molecular weight is 173 g/mol. The van der Waals surface area contributed by atoms with E-state index in [-0.39, 0.29) is 17.8 Å². The lowest BCUT2D eigenvalue weighted by molar-refractivity contribution is -0.122. The lowest BCUT2D eigenvalue weighted by Crippen LogP contribution is -2.33. The number of aliphatic hydroxyl groups is 1. The molecule has 0 spiro atoms. The molecule has 0 heterocycles. The molecule has 3 heteroatoms. The van der Waals surface area contributed by atoms with Gasteiger partial charge in [-0.2, -0.15) is 0 Å². The molecule has 0 aliphatic heterocycles. The molecule has 1 atom stereocenters. The molecule has 0 radical (unpaired) electrons. The third-order valence-electron chi connectivity index (χ3n) is 1.65. The van der Waals surface area contributed by atoms with Crippen molar-refractivity contribution in [3.63, 3.8) is 0 Å². The first-order valence-corrected chi connectivity index (χ1v) is 4.32. The molecule has 3 nitrogen and oxygen atoms in total. The predicted molar refractivity (Wildman–Crippen MR) is 49.0 cm³/mol. The fourth-order valence-corrected chi connectivity index (χ4v) is 0.964. The van der Waals surface area contributed by atoms with Crippen LogP contribution in [0.25, 0.3) is 0 Å². The normalized spacial score (nSPS) is 13.9. The monoisotopic (exact) mass is 173 g/mol. The largest absolute Gasteiger partial charge is 0.392 e. The summed E-state index contributed by atoms with van der Waals surface area (Å²) >= 11 is 0. The van der Waals surface area contributed by atoms with Crippen molar-refractivity contribution in [1.82, 2.24) is 4.90 Å². The van der Waals surface area contributed by atoms with E-state index >= 15 is 0 Å². The summed E-state index contributed by atoms with van der Waals surface area (Å²) in [6, 6.07) is 0. The van der Waals surface area contributed by atoms with Crippen LogP contribution in [0, 0.1) is 5.92 Å². The molecule has 0 aromatic rings. The van der Waals surface area contributed by atoms with Gasteiger partial charge in [0, 0.05) is 12.5 Å². The van der Waals surface area contributed by atoms with E-state index in [0.717, 1.165) is 0 Å². The van der Waals surface area contributed by atoms with Gasteiger partial charge < -0.3 is 5.11 Å². The maximum atomic E-state index is 11.2. The molecule has 0 rings (SSSR count). The number of ketones is 1. The Hall–Kier alpha value is -0.410. The molecule has 0 aliphatic carbocycles. The molecule has 1 N–H and O–H groups in total. The van der Waals surface area contributed by atoms with Gasteiger partial charge in [0.25, 0.3) is 0 Å². The molecule has 0 aliphatic rings. The first-order chi connectivity index (χ1) is 5.43. The molecule has 0 aromatic heterocycles. The summed E-state index contributed by atoms with van der Waals surface area (Å²) in [4.78, 5) is 13.1. The standard InChI is InChI=1S/C9H19NO2/c1-7(2)9(12)6-10(4)5-8(3)11/h7-8,11H,5-6H2,1-4H3. The second-order valence-electron chi connectivity index (χ2n) is 3.67. The zero-order valence-corrected chi connectivity index (χ0v) is 8.37. The summed E-state index contributed by atoms with van der Waals surface area (Å²) < 4.78 is 0. The number of Topliss-reactive ketones (excluding diaryl/α,β-unsaturated/α-hetero) is 1. The summed E-state index contributed by atoms with van der Waals surface area (Å²) in [6.45, 7) is 6.48. The number of carbonyl (C=O) groups is 1. The second-order valence-corrected chi connectivity index (χ2v) is 3.67. The molecule has 0 bridgehead atoms. The van der Waals surface area contributed by atoms with Crippen LogP contribution in [0.4, 0.5) is 0 Å². The predicted octanol–water partition coefficient (Wildman–Crippen LogP) is 0.524. The third-order valence-corrected chi connectivity index (χ3v) is 1.65. The SMILES string of the molecule is CC(O)CN(C)CC(=O)C(C)C. The second kappa shape index (κ2) is 5.27. The summed E-state index contributed by atoms with van der Waals surface area (Å²) in [5.41, 5.74) is 0. The van der Waals surface area contributed by atoms with Gasteiger partial charge >= 0.3 is 0 Å². The Morgan fingerprint density at radius 2 is 1.92 bits per heavy atom. The Balaban J connectivity index is 3.69. The Morgan fingerprint density at radius 1 is 1.42 bits per heavy atom. The van der Waals surface area contributed by atoms with Crippen LogP contribution in [0.15, 0.2) is 0 Å².